The molecule has 1 saturated carbocycles. The number of nitrogens with one attached hydrogen (secondary N) is 2. The average Bonchev–Trinajstić information content (AvgIpc) is 2.92. The van der Waals surface area contributed by atoms with Crippen molar-refractivity contribution < 1.29 is 19.2 Å². The Labute approximate surface area is 158 Å². The van der Waals surface area contributed by atoms with E-state index in [0.717, 1.165) is 25.7 Å². The molecular formula is C20H25N3O4. The van der Waals surface area contributed by atoms with E-state index in [4.69, 9.17) is 0 Å². The lowest BCUT2D eigenvalue weighted by atomic mass is 9.95. The molecule has 2 aliphatic rings. The molecule has 0 unspecified atom stereocenters. The first-order valence-electron chi connectivity index (χ1n) is 9.57. The summed E-state index contributed by atoms with van der Waals surface area (Å²) in [4.78, 5) is 49.5. The molecule has 0 atom stereocenters. The monoisotopic (exact) mass is 371 g/mol. The lowest BCUT2D eigenvalue weighted by Crippen LogP contribution is -2.42. The summed E-state index contributed by atoms with van der Waals surface area (Å²) in [6.07, 6.45) is 6.01. The zero-order valence-corrected chi connectivity index (χ0v) is 15.3. The summed E-state index contributed by atoms with van der Waals surface area (Å²) in [6.45, 7) is 0.149. The van der Waals surface area contributed by atoms with Gasteiger partial charge in [0.05, 0.1) is 17.7 Å². The number of hydrogen-bond acceptors (Lipinski definition) is 4. The van der Waals surface area contributed by atoms with Crippen LogP contribution in [0.15, 0.2) is 24.3 Å². The van der Waals surface area contributed by atoms with Gasteiger partial charge in [0.25, 0.3) is 11.8 Å². The van der Waals surface area contributed by atoms with Crippen molar-refractivity contribution in [3.63, 3.8) is 0 Å². The van der Waals surface area contributed by atoms with Crippen LogP contribution < -0.4 is 10.6 Å². The third-order valence-electron chi connectivity index (χ3n) is 5.08. The van der Waals surface area contributed by atoms with E-state index in [1.807, 2.05) is 0 Å². The average molecular weight is 371 g/mol. The van der Waals surface area contributed by atoms with E-state index >= 15 is 0 Å². The van der Waals surface area contributed by atoms with Gasteiger partial charge in [0.1, 0.15) is 0 Å². The normalized spacial score (nSPS) is 17.0. The van der Waals surface area contributed by atoms with Crippen LogP contribution in [0.2, 0.25) is 0 Å². The van der Waals surface area contributed by atoms with Crippen molar-refractivity contribution in [2.24, 2.45) is 0 Å². The molecule has 1 aliphatic carbocycles. The van der Waals surface area contributed by atoms with Crippen molar-refractivity contribution in [2.45, 2.75) is 51.0 Å². The molecule has 1 heterocycles. The van der Waals surface area contributed by atoms with Crippen molar-refractivity contribution >= 4 is 23.6 Å². The highest BCUT2D eigenvalue weighted by Crippen LogP contribution is 2.22. The molecule has 0 saturated heterocycles. The Morgan fingerprint density at radius 3 is 2.22 bits per heavy atom. The molecule has 7 heteroatoms. The summed E-state index contributed by atoms with van der Waals surface area (Å²) in [5.41, 5.74) is 0.817. The summed E-state index contributed by atoms with van der Waals surface area (Å²) in [7, 11) is 0. The van der Waals surface area contributed by atoms with E-state index in [1.54, 1.807) is 24.3 Å². The second kappa shape index (κ2) is 8.79. The Morgan fingerprint density at radius 1 is 0.963 bits per heavy atom. The van der Waals surface area contributed by atoms with Crippen molar-refractivity contribution in [1.82, 2.24) is 15.5 Å². The molecule has 0 spiro atoms. The molecule has 1 fully saturated rings. The minimum atomic E-state index is -0.317. The van der Waals surface area contributed by atoms with Crippen molar-refractivity contribution in [1.29, 1.82) is 0 Å². The predicted octanol–water partition coefficient (Wildman–Crippen LogP) is 1.63. The first-order chi connectivity index (χ1) is 13.1. The lowest BCUT2D eigenvalue weighted by molar-refractivity contribution is -0.126. The molecule has 27 heavy (non-hydrogen) atoms. The van der Waals surface area contributed by atoms with Crippen LogP contribution in [0.25, 0.3) is 0 Å². The van der Waals surface area contributed by atoms with Gasteiger partial charge < -0.3 is 10.6 Å². The molecule has 0 bridgehead atoms. The number of amides is 4. The second-order valence-electron chi connectivity index (χ2n) is 7.09. The highest BCUT2D eigenvalue weighted by atomic mass is 16.2. The smallest absolute Gasteiger partial charge is 0.261 e. The third kappa shape index (κ3) is 4.72. The molecule has 1 aromatic carbocycles. The Kier molecular flexibility index (Phi) is 6.21. The molecule has 0 radical (unpaired) electrons. The van der Waals surface area contributed by atoms with Crippen LogP contribution in [0.4, 0.5) is 0 Å². The van der Waals surface area contributed by atoms with Gasteiger partial charge in [0.15, 0.2) is 0 Å². The number of hydrogen-bond donors (Lipinski definition) is 2. The molecule has 3 rings (SSSR count). The topological polar surface area (TPSA) is 95.6 Å². The number of carbonyl (C=O) groups excluding carboxylic acids is 4. The van der Waals surface area contributed by atoms with Gasteiger partial charge >= 0.3 is 0 Å². The number of benzene rings is 1. The first-order valence-corrected chi connectivity index (χ1v) is 9.57. The quantitative estimate of drug-likeness (QED) is 0.712. The van der Waals surface area contributed by atoms with E-state index in [-0.39, 0.29) is 49.2 Å². The summed E-state index contributed by atoms with van der Waals surface area (Å²) >= 11 is 0. The summed E-state index contributed by atoms with van der Waals surface area (Å²) in [5, 5.41) is 5.54. The van der Waals surface area contributed by atoms with E-state index in [0.29, 0.717) is 17.5 Å². The van der Waals surface area contributed by atoms with Gasteiger partial charge in [-0.15, -0.1) is 0 Å². The molecule has 144 valence electrons. The summed E-state index contributed by atoms with van der Waals surface area (Å²) in [6, 6.07) is 6.93. The van der Waals surface area contributed by atoms with Crippen LogP contribution in [-0.4, -0.2) is 47.7 Å². The van der Waals surface area contributed by atoms with Crippen LogP contribution in [-0.2, 0) is 9.59 Å². The SMILES string of the molecule is O=C(CCCN1C(=O)c2ccccc2C1=O)NCC(=O)NC1CCCCC1. The van der Waals surface area contributed by atoms with E-state index in [1.165, 1.54) is 11.3 Å². The Morgan fingerprint density at radius 2 is 1.59 bits per heavy atom. The number of rotatable bonds is 7. The highest BCUT2D eigenvalue weighted by molar-refractivity contribution is 6.21. The number of imide groups is 1. The highest BCUT2D eigenvalue weighted by Gasteiger charge is 2.34. The predicted molar refractivity (Wildman–Crippen MR) is 99.1 cm³/mol. The van der Waals surface area contributed by atoms with Crippen LogP contribution >= 0.6 is 0 Å². The fraction of sp³-hybridized carbons (Fsp3) is 0.500. The van der Waals surface area contributed by atoms with E-state index in [2.05, 4.69) is 10.6 Å². The molecule has 0 aromatic heterocycles. The maximum Gasteiger partial charge on any atom is 0.261 e. The zero-order valence-electron chi connectivity index (χ0n) is 15.3. The van der Waals surface area contributed by atoms with Crippen LogP contribution in [0, 0.1) is 0 Å². The maximum absolute atomic E-state index is 12.2. The van der Waals surface area contributed by atoms with Gasteiger partial charge in [0, 0.05) is 19.0 Å². The molecule has 7 nitrogen and oxygen atoms in total. The standard InChI is InChI=1S/C20H25N3O4/c24-17(21-13-18(25)22-14-7-2-1-3-8-14)11-6-12-23-19(26)15-9-4-5-10-16(15)20(23)27/h4-5,9-10,14H,1-3,6-8,11-13H2,(H,21,24)(H,22,25). The van der Waals surface area contributed by atoms with Crippen LogP contribution in [0.3, 0.4) is 0 Å². The van der Waals surface area contributed by atoms with Gasteiger partial charge in [0.2, 0.25) is 11.8 Å². The number of nitrogens with zero attached hydrogens (tertiary/aromatic N) is 1. The fourth-order valence-electron chi connectivity index (χ4n) is 3.63. The molecule has 1 aliphatic heterocycles. The molecule has 4 amide bonds. The molecule has 1 aromatic rings. The molecular weight excluding hydrogens is 346 g/mol. The third-order valence-corrected chi connectivity index (χ3v) is 5.08. The number of carbonyl (C=O) groups is 4. The van der Waals surface area contributed by atoms with Gasteiger partial charge in [-0.1, -0.05) is 31.4 Å². The Balaban J connectivity index is 1.36. The van der Waals surface area contributed by atoms with Gasteiger partial charge in [-0.2, -0.15) is 0 Å². The van der Waals surface area contributed by atoms with Crippen molar-refractivity contribution in [3.8, 4) is 0 Å². The largest absolute Gasteiger partial charge is 0.352 e. The summed E-state index contributed by atoms with van der Waals surface area (Å²) in [5.74, 6) is -1.06. The Bertz CT molecular complexity index is 705. The van der Waals surface area contributed by atoms with Crippen LogP contribution in [0.1, 0.15) is 65.7 Å². The summed E-state index contributed by atoms with van der Waals surface area (Å²) < 4.78 is 0. The van der Waals surface area contributed by atoms with Crippen LogP contribution in [0.5, 0.6) is 0 Å². The van der Waals surface area contributed by atoms with E-state index < -0.39 is 0 Å². The Hall–Kier alpha value is -2.70. The number of fused-ring (bicyclic) bond motifs is 1. The second-order valence-corrected chi connectivity index (χ2v) is 7.09. The minimum absolute atomic E-state index is 0.0393. The van der Waals surface area contributed by atoms with Crippen molar-refractivity contribution in [2.75, 3.05) is 13.1 Å². The van der Waals surface area contributed by atoms with Gasteiger partial charge in [-0.25, -0.2) is 0 Å². The molecule has 2 N–H and O–H groups in total. The van der Waals surface area contributed by atoms with E-state index in [9.17, 15) is 19.2 Å². The fourth-order valence-corrected chi connectivity index (χ4v) is 3.63. The minimum Gasteiger partial charge on any atom is -0.352 e. The van der Waals surface area contributed by atoms with Gasteiger partial charge in [-0.3, -0.25) is 24.1 Å². The lowest BCUT2D eigenvalue weighted by Gasteiger charge is -2.22. The zero-order chi connectivity index (χ0) is 19.2. The maximum atomic E-state index is 12.2. The first kappa shape index (κ1) is 19.1. The van der Waals surface area contributed by atoms with Crippen molar-refractivity contribution in [3.05, 3.63) is 35.4 Å². The van der Waals surface area contributed by atoms with Gasteiger partial charge in [-0.05, 0) is 31.4 Å².